The molecule has 1 aromatic carbocycles. The zero-order chi connectivity index (χ0) is 32.8. The lowest BCUT2D eigenvalue weighted by molar-refractivity contribution is -0.143. The largest absolute Gasteiger partial charge is 0.514 e. The summed E-state index contributed by atoms with van der Waals surface area (Å²) in [5.74, 6) is 2.80. The number of allylic oxidation sites excluding steroid dienone is 1. The molecule has 0 bridgehead atoms. The molecule has 9 heteroatoms. The van der Waals surface area contributed by atoms with Crippen LogP contribution in [0.3, 0.4) is 0 Å². The molecule has 1 N–H and O–H groups in total. The van der Waals surface area contributed by atoms with Crippen molar-refractivity contribution in [2.75, 3.05) is 53.7 Å². The van der Waals surface area contributed by atoms with Crippen LogP contribution in [0.5, 0.6) is 11.5 Å². The molecule has 2 heterocycles. The van der Waals surface area contributed by atoms with E-state index in [1.807, 2.05) is 13.0 Å². The average Bonchev–Trinajstić information content (AvgIpc) is 3.74. The zero-order valence-electron chi connectivity index (χ0n) is 28.9. The molecule has 5 rings (SSSR count). The Balaban J connectivity index is 1.60. The summed E-state index contributed by atoms with van der Waals surface area (Å²) in [6.07, 6.45) is 4.29. The lowest BCUT2D eigenvalue weighted by atomic mass is 9.44. The van der Waals surface area contributed by atoms with Gasteiger partial charge in [0.1, 0.15) is 12.4 Å². The number of ether oxygens (including phenoxy) is 6. The standard InChI is InChI=1S/C36H55NO8/c1-10-35-21-26(34(7,39)33(4,5)6)29(41-9)31-36(35,15-16-37(24(35)3)22-25-12-13-25)28-23(2)11-14-27(30(28)45-31)44-32(38)43-20-19-42-18-17-40-8/h11,14,24-26,39H,10,12-13,15-22H2,1-9H3/t24?,26?,34?,35-,36?/m1/s1. The fourth-order valence-electron chi connectivity index (χ4n) is 8.45. The van der Waals surface area contributed by atoms with Gasteiger partial charge >= 0.3 is 6.16 Å². The Morgan fingerprint density at radius 3 is 2.44 bits per heavy atom. The minimum Gasteiger partial charge on any atom is -0.497 e. The lowest BCUT2D eigenvalue weighted by Crippen LogP contribution is -2.67. The van der Waals surface area contributed by atoms with Gasteiger partial charge in [-0.05, 0) is 82.4 Å². The maximum Gasteiger partial charge on any atom is 0.514 e. The van der Waals surface area contributed by atoms with Gasteiger partial charge in [0.25, 0.3) is 0 Å². The number of nitrogens with zero attached hydrogens (tertiary/aromatic N) is 1. The van der Waals surface area contributed by atoms with Gasteiger partial charge in [-0.15, -0.1) is 0 Å². The van der Waals surface area contributed by atoms with Gasteiger partial charge in [0.2, 0.25) is 0 Å². The van der Waals surface area contributed by atoms with E-state index in [0.29, 0.717) is 30.5 Å². The van der Waals surface area contributed by atoms with Crippen LogP contribution in [0.1, 0.15) is 84.8 Å². The van der Waals surface area contributed by atoms with Crippen LogP contribution in [0, 0.1) is 29.6 Å². The number of benzene rings is 1. The van der Waals surface area contributed by atoms with Crippen molar-refractivity contribution in [2.24, 2.45) is 22.7 Å². The number of carbonyl (C=O) groups is 1. The third kappa shape index (κ3) is 5.66. The van der Waals surface area contributed by atoms with Crippen molar-refractivity contribution < 1.29 is 38.3 Å². The van der Waals surface area contributed by atoms with Crippen LogP contribution >= 0.6 is 0 Å². The number of aliphatic hydroxyl groups is 1. The van der Waals surface area contributed by atoms with Crippen LogP contribution in [0.2, 0.25) is 0 Å². The number of piperidine rings is 1. The van der Waals surface area contributed by atoms with E-state index in [1.54, 1.807) is 20.3 Å². The Bertz CT molecular complexity index is 1280. The predicted molar refractivity (Wildman–Crippen MR) is 171 cm³/mol. The molecule has 45 heavy (non-hydrogen) atoms. The van der Waals surface area contributed by atoms with Gasteiger partial charge in [0.05, 0.1) is 37.9 Å². The second-order valence-corrected chi connectivity index (χ2v) is 14.8. The molecule has 4 aliphatic rings. The molecule has 1 saturated heterocycles. The van der Waals surface area contributed by atoms with Crippen molar-refractivity contribution >= 4 is 6.16 Å². The Morgan fingerprint density at radius 1 is 1.11 bits per heavy atom. The number of likely N-dealkylation sites (tertiary alicyclic amines) is 1. The number of hydrogen-bond acceptors (Lipinski definition) is 9. The summed E-state index contributed by atoms with van der Waals surface area (Å²) in [6, 6.07) is 4.03. The molecule has 5 atom stereocenters. The van der Waals surface area contributed by atoms with Crippen LogP contribution in [0.4, 0.5) is 4.79 Å². The molecule has 2 fully saturated rings. The highest BCUT2D eigenvalue weighted by Crippen LogP contribution is 2.71. The Hall–Kier alpha value is -2.33. The average molecular weight is 630 g/mol. The third-order valence-corrected chi connectivity index (χ3v) is 11.7. The van der Waals surface area contributed by atoms with Gasteiger partial charge in [-0.3, -0.25) is 4.90 Å². The number of aryl methyl sites for hydroxylation is 1. The smallest absolute Gasteiger partial charge is 0.497 e. The van der Waals surface area contributed by atoms with E-state index in [2.05, 4.69) is 46.4 Å². The summed E-state index contributed by atoms with van der Waals surface area (Å²) in [5, 5.41) is 12.3. The second-order valence-electron chi connectivity index (χ2n) is 14.8. The second kappa shape index (κ2) is 12.7. The molecule has 1 spiro atoms. The summed E-state index contributed by atoms with van der Waals surface area (Å²) >= 11 is 0. The Morgan fingerprint density at radius 2 is 1.82 bits per heavy atom. The van der Waals surface area contributed by atoms with Crippen molar-refractivity contribution in [2.45, 2.75) is 97.6 Å². The van der Waals surface area contributed by atoms with E-state index < -0.39 is 22.6 Å². The van der Waals surface area contributed by atoms with Crippen molar-refractivity contribution in [1.29, 1.82) is 0 Å². The molecule has 9 nitrogen and oxygen atoms in total. The number of carbonyl (C=O) groups excluding carboxylic acids is 1. The van der Waals surface area contributed by atoms with Crippen molar-refractivity contribution in [3.63, 3.8) is 0 Å². The number of methoxy groups -OCH3 is 2. The molecule has 0 aromatic heterocycles. The minimum atomic E-state index is -1.08. The quantitative estimate of drug-likeness (QED) is 0.161. The Kier molecular flexibility index (Phi) is 9.60. The first-order valence-corrected chi connectivity index (χ1v) is 16.8. The third-order valence-electron chi connectivity index (χ3n) is 11.7. The molecule has 1 aromatic rings. The molecule has 252 valence electrons. The molecule has 0 amide bonds. The maximum atomic E-state index is 12.9. The van der Waals surface area contributed by atoms with Crippen LogP contribution < -0.4 is 9.47 Å². The van der Waals surface area contributed by atoms with Gasteiger partial charge in [-0.25, -0.2) is 4.79 Å². The normalized spacial score (nSPS) is 29.3. The summed E-state index contributed by atoms with van der Waals surface area (Å²) in [5.41, 5.74) is -0.131. The van der Waals surface area contributed by atoms with E-state index in [-0.39, 0.29) is 30.6 Å². The first-order chi connectivity index (χ1) is 21.3. The number of rotatable bonds is 12. The molecule has 2 aliphatic carbocycles. The summed E-state index contributed by atoms with van der Waals surface area (Å²) in [7, 11) is 3.30. The first kappa shape index (κ1) is 34.0. The lowest BCUT2D eigenvalue weighted by Gasteiger charge is -2.63. The van der Waals surface area contributed by atoms with Gasteiger partial charge in [-0.1, -0.05) is 33.8 Å². The highest BCUT2D eigenvalue weighted by molar-refractivity contribution is 5.70. The van der Waals surface area contributed by atoms with Gasteiger partial charge in [0, 0.05) is 36.6 Å². The number of hydrogen-bond donors (Lipinski definition) is 1. The molecule has 0 radical (unpaired) electrons. The molecule has 2 aliphatic heterocycles. The maximum absolute atomic E-state index is 12.9. The van der Waals surface area contributed by atoms with Crippen molar-refractivity contribution in [3.8, 4) is 11.5 Å². The predicted octanol–water partition coefficient (Wildman–Crippen LogP) is 6.38. The fraction of sp³-hybridized carbons (Fsp3) is 0.750. The van der Waals surface area contributed by atoms with Crippen LogP contribution in [-0.4, -0.2) is 81.5 Å². The topological polar surface area (TPSA) is 95.9 Å². The van der Waals surface area contributed by atoms with Crippen LogP contribution in [0.15, 0.2) is 23.7 Å². The molecular formula is C36H55NO8. The van der Waals surface area contributed by atoms with Crippen LogP contribution in [0.25, 0.3) is 0 Å². The van der Waals surface area contributed by atoms with Gasteiger partial charge < -0.3 is 33.5 Å². The molecule has 4 unspecified atom stereocenters. The molecule has 1 saturated carbocycles. The molecular weight excluding hydrogens is 574 g/mol. The number of fused-ring (bicyclic) bond motifs is 1. The van der Waals surface area contributed by atoms with E-state index in [9.17, 15) is 9.90 Å². The SMILES string of the molecule is CC[C@]12CC(C(C)(O)C(C)(C)C)C(OC)=C3Oc4c(OC(=O)OCCOCCOC)ccc(C)c4C31CCN(CC1CC1)C2C. The monoisotopic (exact) mass is 629 g/mol. The summed E-state index contributed by atoms with van der Waals surface area (Å²) in [6.45, 7) is 18.2. The van der Waals surface area contributed by atoms with E-state index in [4.69, 9.17) is 28.4 Å². The van der Waals surface area contributed by atoms with Gasteiger partial charge in [0.15, 0.2) is 17.3 Å². The van der Waals surface area contributed by atoms with Crippen LogP contribution in [-0.2, 0) is 24.4 Å². The highest BCUT2D eigenvalue weighted by Gasteiger charge is 2.70. The summed E-state index contributed by atoms with van der Waals surface area (Å²) in [4.78, 5) is 15.5. The van der Waals surface area contributed by atoms with E-state index in [1.165, 1.54) is 12.8 Å². The van der Waals surface area contributed by atoms with E-state index >= 15 is 0 Å². The summed E-state index contributed by atoms with van der Waals surface area (Å²) < 4.78 is 34.8. The van der Waals surface area contributed by atoms with E-state index in [0.717, 1.165) is 55.2 Å². The van der Waals surface area contributed by atoms with Crippen molar-refractivity contribution in [1.82, 2.24) is 4.90 Å². The fourth-order valence-corrected chi connectivity index (χ4v) is 8.45. The van der Waals surface area contributed by atoms with Gasteiger partial charge in [-0.2, -0.15) is 0 Å². The van der Waals surface area contributed by atoms with Crippen molar-refractivity contribution in [3.05, 3.63) is 34.8 Å². The Labute approximate surface area is 269 Å². The first-order valence-electron chi connectivity index (χ1n) is 16.8. The zero-order valence-corrected chi connectivity index (χ0v) is 28.9. The minimum absolute atomic E-state index is 0.0667. The highest BCUT2D eigenvalue weighted by atomic mass is 16.7.